The second kappa shape index (κ2) is 8.65. The molecular formula is C18H19N3O6. The molecule has 27 heavy (non-hydrogen) atoms. The second-order valence-corrected chi connectivity index (χ2v) is 5.71. The van der Waals surface area contributed by atoms with E-state index in [-0.39, 0.29) is 29.7 Å². The number of nitro benzene ring substituents is 1. The summed E-state index contributed by atoms with van der Waals surface area (Å²) in [6.45, 7) is -0.365. The summed E-state index contributed by atoms with van der Waals surface area (Å²) >= 11 is 0. The van der Waals surface area contributed by atoms with Gasteiger partial charge in [-0.15, -0.1) is 0 Å². The van der Waals surface area contributed by atoms with Crippen molar-refractivity contribution < 1.29 is 24.0 Å². The smallest absolute Gasteiger partial charge is 0.273 e. The number of hydrogen-bond acceptors (Lipinski definition) is 6. The van der Waals surface area contributed by atoms with Crippen LogP contribution in [0.25, 0.3) is 0 Å². The minimum atomic E-state index is -0.567. The minimum absolute atomic E-state index is 0.0915. The fourth-order valence-electron chi connectivity index (χ4n) is 2.19. The zero-order valence-corrected chi connectivity index (χ0v) is 15.1. The summed E-state index contributed by atoms with van der Waals surface area (Å²) in [7, 11) is 4.69. The maximum atomic E-state index is 12.0. The fraction of sp³-hybridized carbons (Fsp3) is 0.222. The number of benzene rings is 2. The number of ether oxygens (including phenoxy) is 2. The number of anilines is 1. The number of amides is 2. The highest BCUT2D eigenvalue weighted by Crippen LogP contribution is 2.31. The Labute approximate surface area is 155 Å². The van der Waals surface area contributed by atoms with Gasteiger partial charge in [0.2, 0.25) is 0 Å². The topological polar surface area (TPSA) is 111 Å². The average Bonchev–Trinajstić information content (AvgIpc) is 2.66. The van der Waals surface area contributed by atoms with Crippen LogP contribution in [0, 0.1) is 10.1 Å². The Morgan fingerprint density at radius 2 is 1.78 bits per heavy atom. The number of carbonyl (C=O) groups is 2. The SMILES string of the molecule is COc1ccc([N+](=O)[O-])cc1OCC(=O)Nc1ccc(C(=O)N(C)C)cc1. The van der Waals surface area contributed by atoms with E-state index in [1.165, 1.54) is 30.2 Å². The van der Waals surface area contributed by atoms with Crippen LogP contribution in [0.1, 0.15) is 10.4 Å². The number of nitrogens with zero attached hydrogens (tertiary/aromatic N) is 2. The third-order valence-electron chi connectivity index (χ3n) is 3.54. The molecule has 0 spiro atoms. The van der Waals surface area contributed by atoms with E-state index >= 15 is 0 Å². The van der Waals surface area contributed by atoms with Gasteiger partial charge in [-0.2, -0.15) is 0 Å². The molecule has 2 amide bonds. The molecule has 1 N–H and O–H groups in total. The molecule has 0 heterocycles. The number of non-ortho nitro benzene ring substituents is 1. The minimum Gasteiger partial charge on any atom is -0.493 e. The van der Waals surface area contributed by atoms with E-state index in [0.29, 0.717) is 11.3 Å². The lowest BCUT2D eigenvalue weighted by molar-refractivity contribution is -0.385. The monoisotopic (exact) mass is 373 g/mol. The Morgan fingerprint density at radius 1 is 1.11 bits per heavy atom. The Kier molecular flexibility index (Phi) is 6.32. The van der Waals surface area contributed by atoms with Crippen LogP contribution < -0.4 is 14.8 Å². The molecule has 2 rings (SSSR count). The number of rotatable bonds is 7. The highest BCUT2D eigenvalue weighted by Gasteiger charge is 2.14. The molecule has 0 saturated carbocycles. The first kappa shape index (κ1) is 19.7. The van der Waals surface area contributed by atoms with Gasteiger partial charge in [-0.3, -0.25) is 19.7 Å². The molecule has 0 unspecified atom stereocenters. The van der Waals surface area contributed by atoms with E-state index in [4.69, 9.17) is 9.47 Å². The second-order valence-electron chi connectivity index (χ2n) is 5.71. The maximum absolute atomic E-state index is 12.0. The first-order chi connectivity index (χ1) is 12.8. The summed E-state index contributed by atoms with van der Waals surface area (Å²) < 4.78 is 10.4. The summed E-state index contributed by atoms with van der Waals surface area (Å²) in [6.07, 6.45) is 0. The molecule has 0 radical (unpaired) electrons. The van der Waals surface area contributed by atoms with Crippen molar-refractivity contribution in [1.29, 1.82) is 0 Å². The molecule has 9 nitrogen and oxygen atoms in total. The van der Waals surface area contributed by atoms with E-state index in [9.17, 15) is 19.7 Å². The summed E-state index contributed by atoms with van der Waals surface area (Å²) in [6, 6.07) is 10.3. The van der Waals surface area contributed by atoms with E-state index in [2.05, 4.69) is 5.32 Å². The molecule has 0 aliphatic carbocycles. The number of hydrogen-bond donors (Lipinski definition) is 1. The fourth-order valence-corrected chi connectivity index (χ4v) is 2.19. The maximum Gasteiger partial charge on any atom is 0.273 e. The van der Waals surface area contributed by atoms with Crippen molar-refractivity contribution in [1.82, 2.24) is 4.90 Å². The summed E-state index contributed by atoms with van der Waals surface area (Å²) in [5.74, 6) is -0.238. The summed E-state index contributed by atoms with van der Waals surface area (Å²) in [5.41, 5.74) is 0.813. The largest absolute Gasteiger partial charge is 0.493 e. The van der Waals surface area contributed by atoms with Crippen molar-refractivity contribution in [2.45, 2.75) is 0 Å². The molecule has 0 aromatic heterocycles. The first-order valence-corrected chi connectivity index (χ1v) is 7.88. The van der Waals surface area contributed by atoms with Gasteiger partial charge in [0, 0.05) is 31.4 Å². The molecule has 0 fully saturated rings. The first-order valence-electron chi connectivity index (χ1n) is 7.88. The van der Waals surface area contributed by atoms with E-state index in [0.717, 1.165) is 0 Å². The highest BCUT2D eigenvalue weighted by molar-refractivity contribution is 5.95. The normalized spacial score (nSPS) is 10.0. The molecule has 2 aromatic rings. The average molecular weight is 373 g/mol. The Morgan fingerprint density at radius 3 is 2.33 bits per heavy atom. The Bertz CT molecular complexity index is 849. The zero-order valence-electron chi connectivity index (χ0n) is 15.1. The molecule has 0 bridgehead atoms. The number of carbonyl (C=O) groups excluding carboxylic acids is 2. The van der Waals surface area contributed by atoms with Crippen LogP contribution in [-0.4, -0.2) is 49.4 Å². The van der Waals surface area contributed by atoms with Crippen LogP contribution in [-0.2, 0) is 4.79 Å². The predicted molar refractivity (Wildman–Crippen MR) is 98.2 cm³/mol. The van der Waals surface area contributed by atoms with Crippen LogP contribution in [0.5, 0.6) is 11.5 Å². The van der Waals surface area contributed by atoms with Crippen LogP contribution in [0.2, 0.25) is 0 Å². The van der Waals surface area contributed by atoms with Crippen molar-refractivity contribution >= 4 is 23.2 Å². The Balaban J connectivity index is 1.99. The van der Waals surface area contributed by atoms with E-state index in [1.807, 2.05) is 0 Å². The van der Waals surface area contributed by atoms with Gasteiger partial charge in [0.25, 0.3) is 17.5 Å². The van der Waals surface area contributed by atoms with Gasteiger partial charge in [-0.25, -0.2) is 0 Å². The van der Waals surface area contributed by atoms with Crippen molar-refractivity contribution in [3.63, 3.8) is 0 Å². The molecule has 0 aliphatic heterocycles. The van der Waals surface area contributed by atoms with Gasteiger partial charge >= 0.3 is 0 Å². The standard InChI is InChI=1S/C18H19N3O6/c1-20(2)18(23)12-4-6-13(7-5-12)19-17(22)11-27-16-10-14(21(24)25)8-9-15(16)26-3/h4-10H,11H2,1-3H3,(H,19,22). The van der Waals surface area contributed by atoms with Crippen molar-refractivity contribution in [2.75, 3.05) is 33.1 Å². The van der Waals surface area contributed by atoms with Crippen LogP contribution in [0.4, 0.5) is 11.4 Å². The van der Waals surface area contributed by atoms with Crippen LogP contribution >= 0.6 is 0 Å². The van der Waals surface area contributed by atoms with E-state index < -0.39 is 10.8 Å². The van der Waals surface area contributed by atoms with Gasteiger partial charge in [0.05, 0.1) is 18.1 Å². The quantitative estimate of drug-likeness (QED) is 0.589. The van der Waals surface area contributed by atoms with E-state index in [1.54, 1.807) is 38.4 Å². The molecular weight excluding hydrogens is 354 g/mol. The Hall–Kier alpha value is -3.62. The predicted octanol–water partition coefficient (Wildman–Crippen LogP) is 2.32. The van der Waals surface area contributed by atoms with Crippen molar-refractivity contribution in [3.05, 3.63) is 58.1 Å². The lowest BCUT2D eigenvalue weighted by atomic mass is 10.2. The lowest BCUT2D eigenvalue weighted by Gasteiger charge is -2.12. The molecule has 0 atom stereocenters. The van der Waals surface area contributed by atoms with Gasteiger partial charge in [-0.1, -0.05) is 0 Å². The molecule has 142 valence electrons. The van der Waals surface area contributed by atoms with Crippen molar-refractivity contribution in [2.24, 2.45) is 0 Å². The number of nitro groups is 1. The van der Waals surface area contributed by atoms with Gasteiger partial charge < -0.3 is 19.7 Å². The van der Waals surface area contributed by atoms with Gasteiger partial charge in [0.1, 0.15) is 0 Å². The number of methoxy groups -OCH3 is 1. The third kappa shape index (κ3) is 5.18. The zero-order chi connectivity index (χ0) is 20.0. The molecule has 0 aliphatic rings. The summed E-state index contributed by atoms with van der Waals surface area (Å²) in [5, 5.41) is 13.5. The van der Waals surface area contributed by atoms with Gasteiger partial charge in [-0.05, 0) is 30.3 Å². The highest BCUT2D eigenvalue weighted by atomic mass is 16.6. The molecule has 9 heteroatoms. The lowest BCUT2D eigenvalue weighted by Crippen LogP contribution is -2.22. The summed E-state index contributed by atoms with van der Waals surface area (Å²) in [4.78, 5) is 35.6. The van der Waals surface area contributed by atoms with Crippen LogP contribution in [0.15, 0.2) is 42.5 Å². The molecule has 0 saturated heterocycles. The number of nitrogens with one attached hydrogen (secondary N) is 1. The van der Waals surface area contributed by atoms with Gasteiger partial charge in [0.15, 0.2) is 18.1 Å². The molecule has 2 aromatic carbocycles. The third-order valence-corrected chi connectivity index (χ3v) is 3.54. The van der Waals surface area contributed by atoms with Crippen molar-refractivity contribution in [3.8, 4) is 11.5 Å². The van der Waals surface area contributed by atoms with Crippen LogP contribution in [0.3, 0.4) is 0 Å².